The summed E-state index contributed by atoms with van der Waals surface area (Å²) in [6.07, 6.45) is 0. The van der Waals surface area contributed by atoms with Gasteiger partial charge in [-0.05, 0) is 41.8 Å². The molecule has 0 fully saturated rings. The molecule has 0 aliphatic carbocycles. The van der Waals surface area contributed by atoms with E-state index in [4.69, 9.17) is 0 Å². The SMILES string of the molecule is CN(Cc1nc2ccsc2c(=O)[nH]1)C(=O)c1ccccc1C(=O)c1ccc(F)cc1. The molecule has 4 aromatic rings. The van der Waals surface area contributed by atoms with Crippen molar-refractivity contribution < 1.29 is 14.0 Å². The molecule has 0 saturated carbocycles. The molecule has 150 valence electrons. The van der Waals surface area contributed by atoms with Crippen LogP contribution in [0.1, 0.15) is 32.1 Å². The summed E-state index contributed by atoms with van der Waals surface area (Å²) in [6.45, 7) is 0.0684. The lowest BCUT2D eigenvalue weighted by Gasteiger charge is -2.18. The lowest BCUT2D eigenvalue weighted by Crippen LogP contribution is -2.29. The quantitative estimate of drug-likeness (QED) is 0.499. The number of halogens is 1. The van der Waals surface area contributed by atoms with E-state index < -0.39 is 11.7 Å². The van der Waals surface area contributed by atoms with Crippen LogP contribution in [-0.2, 0) is 6.54 Å². The van der Waals surface area contributed by atoms with Crippen LogP contribution in [0.5, 0.6) is 0 Å². The number of carbonyl (C=O) groups is 2. The van der Waals surface area contributed by atoms with Gasteiger partial charge >= 0.3 is 0 Å². The summed E-state index contributed by atoms with van der Waals surface area (Å²) in [5.74, 6) is -0.864. The Kier molecular flexibility index (Phi) is 5.24. The third-order valence-electron chi connectivity index (χ3n) is 4.61. The van der Waals surface area contributed by atoms with E-state index in [-0.39, 0.29) is 34.6 Å². The molecule has 30 heavy (non-hydrogen) atoms. The number of rotatable bonds is 5. The number of aromatic nitrogens is 2. The van der Waals surface area contributed by atoms with Crippen molar-refractivity contribution in [1.82, 2.24) is 14.9 Å². The minimum atomic E-state index is -0.445. The number of benzene rings is 2. The fraction of sp³-hybridized carbons (Fsp3) is 0.0909. The van der Waals surface area contributed by atoms with Crippen LogP contribution in [0.3, 0.4) is 0 Å². The van der Waals surface area contributed by atoms with Crippen LogP contribution in [0.4, 0.5) is 4.39 Å². The maximum Gasteiger partial charge on any atom is 0.268 e. The van der Waals surface area contributed by atoms with Crippen LogP contribution < -0.4 is 5.56 Å². The summed E-state index contributed by atoms with van der Waals surface area (Å²) in [7, 11) is 1.57. The van der Waals surface area contributed by atoms with Gasteiger partial charge in [0.05, 0.1) is 17.6 Å². The summed E-state index contributed by atoms with van der Waals surface area (Å²) in [5.41, 5.74) is 1.04. The molecular weight excluding hydrogens is 405 g/mol. The summed E-state index contributed by atoms with van der Waals surface area (Å²) in [5, 5.41) is 1.78. The number of thiophene rings is 1. The molecule has 0 bridgehead atoms. The molecule has 0 atom stereocenters. The Morgan fingerprint density at radius 2 is 1.77 bits per heavy atom. The van der Waals surface area contributed by atoms with Gasteiger partial charge in [0, 0.05) is 18.2 Å². The standard InChI is InChI=1S/C22H16FN3O3S/c1-26(12-18-24-17-10-11-30-20(17)21(28)25-18)22(29)16-5-3-2-4-15(16)19(27)13-6-8-14(23)9-7-13/h2-11H,12H2,1H3,(H,24,25,28). The number of nitrogens with zero attached hydrogens (tertiary/aromatic N) is 2. The lowest BCUT2D eigenvalue weighted by atomic mass is 9.97. The highest BCUT2D eigenvalue weighted by molar-refractivity contribution is 7.17. The normalized spacial score (nSPS) is 10.9. The van der Waals surface area contributed by atoms with Crippen molar-refractivity contribution in [2.75, 3.05) is 7.05 Å². The van der Waals surface area contributed by atoms with Crippen molar-refractivity contribution in [2.24, 2.45) is 0 Å². The molecule has 0 saturated heterocycles. The van der Waals surface area contributed by atoms with E-state index in [0.29, 0.717) is 16.0 Å². The highest BCUT2D eigenvalue weighted by atomic mass is 32.1. The molecule has 1 N–H and O–H groups in total. The van der Waals surface area contributed by atoms with Crippen LogP contribution in [0.2, 0.25) is 0 Å². The molecule has 6 nitrogen and oxygen atoms in total. The number of carbonyl (C=O) groups excluding carboxylic acids is 2. The third kappa shape index (κ3) is 3.77. The largest absolute Gasteiger partial charge is 0.334 e. The number of ketones is 1. The molecule has 2 aromatic carbocycles. The van der Waals surface area contributed by atoms with Gasteiger partial charge in [-0.25, -0.2) is 9.37 Å². The average Bonchev–Trinajstić information content (AvgIpc) is 3.22. The van der Waals surface area contributed by atoms with E-state index in [1.54, 1.807) is 42.8 Å². The van der Waals surface area contributed by atoms with Gasteiger partial charge in [0.15, 0.2) is 5.78 Å². The zero-order valence-electron chi connectivity index (χ0n) is 15.9. The van der Waals surface area contributed by atoms with Gasteiger partial charge < -0.3 is 9.88 Å². The zero-order valence-corrected chi connectivity index (χ0v) is 16.7. The van der Waals surface area contributed by atoms with E-state index in [1.165, 1.54) is 40.5 Å². The Morgan fingerprint density at radius 1 is 1.07 bits per heavy atom. The summed E-state index contributed by atoms with van der Waals surface area (Å²) >= 11 is 1.30. The van der Waals surface area contributed by atoms with Gasteiger partial charge in [-0.15, -0.1) is 11.3 Å². The minimum Gasteiger partial charge on any atom is -0.334 e. The van der Waals surface area contributed by atoms with Gasteiger partial charge in [0.25, 0.3) is 11.5 Å². The van der Waals surface area contributed by atoms with Gasteiger partial charge in [-0.2, -0.15) is 0 Å². The van der Waals surface area contributed by atoms with Gasteiger partial charge in [-0.3, -0.25) is 14.4 Å². The van der Waals surface area contributed by atoms with E-state index >= 15 is 0 Å². The predicted octanol–water partition coefficient (Wildman–Crippen LogP) is 3.63. The molecule has 8 heteroatoms. The highest BCUT2D eigenvalue weighted by Crippen LogP contribution is 2.18. The molecule has 4 rings (SSSR count). The van der Waals surface area contributed by atoms with Crippen molar-refractivity contribution in [3.8, 4) is 0 Å². The molecule has 2 aromatic heterocycles. The van der Waals surface area contributed by atoms with Crippen molar-refractivity contribution >= 4 is 33.2 Å². The molecule has 0 unspecified atom stereocenters. The zero-order chi connectivity index (χ0) is 21.3. The van der Waals surface area contributed by atoms with Crippen molar-refractivity contribution in [3.05, 3.63) is 98.7 Å². The second kappa shape index (κ2) is 8.00. The first-order valence-corrected chi connectivity index (χ1v) is 9.93. The third-order valence-corrected chi connectivity index (χ3v) is 5.51. The molecule has 2 heterocycles. The molecule has 0 radical (unpaired) electrons. The Labute approximate surface area is 174 Å². The fourth-order valence-corrected chi connectivity index (χ4v) is 3.85. The Bertz CT molecular complexity index is 1310. The minimum absolute atomic E-state index is 0.0684. The second-order valence-corrected chi connectivity index (χ2v) is 7.61. The summed E-state index contributed by atoms with van der Waals surface area (Å²) in [4.78, 5) is 46.5. The number of H-pyrrole nitrogens is 1. The average molecular weight is 421 g/mol. The maximum absolute atomic E-state index is 13.2. The molecule has 1 amide bonds. The lowest BCUT2D eigenvalue weighted by molar-refractivity contribution is 0.0777. The van der Waals surface area contributed by atoms with Gasteiger partial charge in [0.1, 0.15) is 16.3 Å². The number of fused-ring (bicyclic) bond motifs is 1. The predicted molar refractivity (Wildman–Crippen MR) is 112 cm³/mol. The van der Waals surface area contributed by atoms with Gasteiger partial charge in [-0.1, -0.05) is 18.2 Å². The Balaban J connectivity index is 1.62. The van der Waals surface area contributed by atoms with Crippen LogP contribution in [0, 0.1) is 5.82 Å². The molecule has 0 aliphatic rings. The van der Waals surface area contributed by atoms with Crippen LogP contribution >= 0.6 is 11.3 Å². The van der Waals surface area contributed by atoms with E-state index in [1.807, 2.05) is 0 Å². The van der Waals surface area contributed by atoms with Gasteiger partial charge in [0.2, 0.25) is 0 Å². The molecular formula is C22H16FN3O3S. The smallest absolute Gasteiger partial charge is 0.268 e. The molecule has 0 aliphatic heterocycles. The Morgan fingerprint density at radius 3 is 2.50 bits per heavy atom. The fourth-order valence-electron chi connectivity index (χ4n) is 3.12. The monoisotopic (exact) mass is 421 g/mol. The van der Waals surface area contributed by atoms with Crippen molar-refractivity contribution in [2.45, 2.75) is 6.54 Å². The van der Waals surface area contributed by atoms with E-state index in [9.17, 15) is 18.8 Å². The first kappa shape index (κ1) is 19.7. The van der Waals surface area contributed by atoms with E-state index in [2.05, 4.69) is 9.97 Å². The first-order valence-electron chi connectivity index (χ1n) is 9.05. The Hall–Kier alpha value is -3.65. The summed E-state index contributed by atoms with van der Waals surface area (Å²) in [6, 6.07) is 13.4. The van der Waals surface area contributed by atoms with Crippen molar-refractivity contribution in [3.63, 3.8) is 0 Å². The number of hydrogen-bond donors (Lipinski definition) is 1. The number of hydrogen-bond acceptors (Lipinski definition) is 5. The summed E-state index contributed by atoms with van der Waals surface area (Å²) < 4.78 is 13.7. The maximum atomic E-state index is 13.2. The number of aromatic amines is 1. The van der Waals surface area contributed by atoms with Crippen molar-refractivity contribution in [1.29, 1.82) is 0 Å². The van der Waals surface area contributed by atoms with E-state index in [0.717, 1.165) is 0 Å². The second-order valence-electron chi connectivity index (χ2n) is 6.69. The number of nitrogens with one attached hydrogen (secondary N) is 1. The first-order chi connectivity index (χ1) is 14.4. The van der Waals surface area contributed by atoms with Crippen LogP contribution in [0.15, 0.2) is 64.8 Å². The van der Waals surface area contributed by atoms with Crippen LogP contribution in [0.25, 0.3) is 10.2 Å². The topological polar surface area (TPSA) is 83.1 Å². The van der Waals surface area contributed by atoms with Crippen LogP contribution in [-0.4, -0.2) is 33.6 Å². The number of amides is 1. The highest BCUT2D eigenvalue weighted by Gasteiger charge is 2.21. The molecule has 0 spiro atoms.